The molecular weight excluding hydrogens is 865 g/mol. The number of H-pyrrole nitrogens is 1. The molecule has 2 saturated heterocycles. The van der Waals surface area contributed by atoms with E-state index >= 15 is 0 Å². The van der Waals surface area contributed by atoms with E-state index in [2.05, 4.69) is 66.0 Å². The number of nitrogens with zero attached hydrogens (tertiary/aromatic N) is 5. The van der Waals surface area contributed by atoms with Crippen LogP contribution in [0.1, 0.15) is 105 Å². The van der Waals surface area contributed by atoms with Crippen LogP contribution in [0.5, 0.6) is 11.5 Å². The number of anilines is 2. The Labute approximate surface area is 382 Å². The zero-order chi connectivity index (χ0) is 44.9. The number of hydrogen-bond acceptors (Lipinski definition) is 12. The number of fused-ring (bicyclic) bond motifs is 1. The number of amides is 1. The number of benzene rings is 2. The van der Waals surface area contributed by atoms with Crippen molar-refractivity contribution in [3.63, 3.8) is 0 Å². The molecule has 3 saturated carbocycles. The van der Waals surface area contributed by atoms with Crippen molar-refractivity contribution < 1.29 is 27.4 Å². The molecule has 5 aliphatic rings. The van der Waals surface area contributed by atoms with Gasteiger partial charge in [0.15, 0.2) is 0 Å². The lowest BCUT2D eigenvalue weighted by molar-refractivity contribution is -0.384. The fourth-order valence-corrected chi connectivity index (χ4v) is 13.0. The minimum Gasteiger partial charge on any atom is -0.616 e. The van der Waals surface area contributed by atoms with Gasteiger partial charge in [-0.2, -0.15) is 0 Å². The lowest BCUT2D eigenvalue weighted by atomic mass is 9.59. The summed E-state index contributed by atoms with van der Waals surface area (Å²) in [6.07, 6.45) is 15.2. The molecular formula is C48H56N8O7S2. The topological polar surface area (TPSA) is 199 Å². The minimum absolute atomic E-state index is 0.0151. The Morgan fingerprint density at radius 2 is 1.74 bits per heavy atom. The molecule has 1 unspecified atom stereocenters. The predicted octanol–water partition coefficient (Wildman–Crippen LogP) is 8.45. The Morgan fingerprint density at radius 3 is 2.49 bits per heavy atom. The van der Waals surface area contributed by atoms with Crippen LogP contribution in [0.3, 0.4) is 0 Å². The number of pyridine rings is 2. The molecule has 10 rings (SSSR count). The van der Waals surface area contributed by atoms with Crippen molar-refractivity contribution in [3.8, 4) is 11.5 Å². The summed E-state index contributed by atoms with van der Waals surface area (Å²) in [6.45, 7) is 5.18. The molecule has 2 atom stereocenters. The number of carbonyl (C=O) groups excluding carboxylic acids is 1. The molecule has 1 amide bonds. The van der Waals surface area contributed by atoms with Crippen molar-refractivity contribution in [1.82, 2.24) is 24.6 Å². The average Bonchev–Trinajstić information content (AvgIpc) is 4.04. The van der Waals surface area contributed by atoms with Gasteiger partial charge in [0.05, 0.1) is 28.9 Å². The molecule has 2 aliphatic heterocycles. The van der Waals surface area contributed by atoms with Crippen molar-refractivity contribution >= 4 is 55.3 Å². The second-order valence-corrected chi connectivity index (χ2v) is 22.4. The van der Waals surface area contributed by atoms with Crippen molar-refractivity contribution in [3.05, 3.63) is 106 Å². The molecule has 2 aromatic carbocycles. The van der Waals surface area contributed by atoms with Gasteiger partial charge in [0.25, 0.3) is 15.9 Å². The summed E-state index contributed by atoms with van der Waals surface area (Å²) in [5.41, 5.74) is 4.02. The summed E-state index contributed by atoms with van der Waals surface area (Å²) in [5, 5.41) is 16.0. The summed E-state index contributed by atoms with van der Waals surface area (Å²) in [7, 11) is -4.61. The Balaban J connectivity index is 0.840. The SMILES string of the molecule is C[C@H]1CC[C@@H](CNc2ncc(S(=O)(=O)NC(=O)c3ccc(N4CCC5(CC4)CC(N4CC[S+]([O-])C[C@H]4c4ccccc4C4CC4)C5)cc3Oc3cnc4[nH]ccc4c3)cc2[N+](=O)[O-])CC1. The second kappa shape index (κ2) is 17.9. The normalized spacial score (nSPS) is 23.8. The number of carbonyl (C=O) groups is 1. The van der Waals surface area contributed by atoms with Crippen molar-refractivity contribution in [2.45, 2.75) is 94.0 Å². The quantitative estimate of drug-likeness (QED) is 0.0580. The lowest BCUT2D eigenvalue weighted by Crippen LogP contribution is -2.58. The summed E-state index contributed by atoms with van der Waals surface area (Å²) >= 11 is -0.816. The molecule has 15 nitrogen and oxygen atoms in total. The predicted molar refractivity (Wildman–Crippen MR) is 250 cm³/mol. The number of sulfonamides is 1. The fourth-order valence-electron chi connectivity index (χ4n) is 10.8. The molecule has 1 spiro atoms. The van der Waals surface area contributed by atoms with Gasteiger partial charge in [0.1, 0.15) is 33.5 Å². The molecule has 0 bridgehead atoms. The average molecular weight is 921 g/mol. The molecule has 0 radical (unpaired) electrons. The second-order valence-electron chi connectivity index (χ2n) is 19.1. The first-order chi connectivity index (χ1) is 31.4. The van der Waals surface area contributed by atoms with Gasteiger partial charge in [-0.3, -0.25) is 19.8 Å². The highest BCUT2D eigenvalue weighted by Crippen LogP contribution is 2.54. The molecule has 3 N–H and O–H groups in total. The number of ether oxygens (including phenoxy) is 1. The Kier molecular flexibility index (Phi) is 12.0. The van der Waals surface area contributed by atoms with Crippen LogP contribution in [0, 0.1) is 27.4 Å². The Hall–Kier alpha value is -5.23. The number of nitrogens with one attached hydrogen (secondary N) is 3. The van der Waals surface area contributed by atoms with E-state index in [0.717, 1.165) is 100 Å². The Morgan fingerprint density at radius 1 is 0.969 bits per heavy atom. The van der Waals surface area contributed by atoms with Crippen LogP contribution in [-0.2, 0) is 21.2 Å². The van der Waals surface area contributed by atoms with E-state index < -0.39 is 42.6 Å². The van der Waals surface area contributed by atoms with Gasteiger partial charge in [-0.15, -0.1) is 0 Å². The number of aromatic nitrogens is 3. The van der Waals surface area contributed by atoms with Gasteiger partial charge in [-0.1, -0.05) is 55.2 Å². The van der Waals surface area contributed by atoms with E-state index in [4.69, 9.17) is 4.74 Å². The molecule has 5 fully saturated rings. The van der Waals surface area contributed by atoms with Crippen LogP contribution in [0.25, 0.3) is 11.0 Å². The third kappa shape index (κ3) is 9.29. The van der Waals surface area contributed by atoms with E-state index in [9.17, 15) is 27.9 Å². The summed E-state index contributed by atoms with van der Waals surface area (Å²) in [4.78, 5) is 41.5. The maximum atomic E-state index is 14.0. The smallest absolute Gasteiger partial charge is 0.312 e. The third-order valence-electron chi connectivity index (χ3n) is 14.8. The highest BCUT2D eigenvalue weighted by Gasteiger charge is 2.51. The molecule has 342 valence electrons. The van der Waals surface area contributed by atoms with Crippen LogP contribution >= 0.6 is 0 Å². The Bertz CT molecular complexity index is 2690. The zero-order valence-electron chi connectivity index (χ0n) is 36.6. The first-order valence-electron chi connectivity index (χ1n) is 23.1. The minimum atomic E-state index is -4.61. The van der Waals surface area contributed by atoms with Crippen molar-refractivity contribution in [2.24, 2.45) is 17.3 Å². The first kappa shape index (κ1) is 43.7. The fraction of sp³-hybridized carbons (Fsp3) is 0.479. The first-order valence-corrected chi connectivity index (χ1v) is 26.0. The number of aromatic amines is 1. The highest BCUT2D eigenvalue weighted by molar-refractivity contribution is 7.91. The van der Waals surface area contributed by atoms with Gasteiger partial charge < -0.3 is 24.5 Å². The third-order valence-corrected chi connectivity index (χ3v) is 17.4. The van der Waals surface area contributed by atoms with Crippen LogP contribution < -0.4 is 19.7 Å². The van der Waals surface area contributed by atoms with Gasteiger partial charge in [-0.25, -0.2) is 23.1 Å². The summed E-state index contributed by atoms with van der Waals surface area (Å²) in [5.74, 6) is 2.57. The van der Waals surface area contributed by atoms with E-state index in [1.807, 2.05) is 6.07 Å². The van der Waals surface area contributed by atoms with Crippen molar-refractivity contribution in [2.75, 3.05) is 47.9 Å². The summed E-state index contributed by atoms with van der Waals surface area (Å²) < 4.78 is 48.8. The van der Waals surface area contributed by atoms with E-state index in [1.165, 1.54) is 30.2 Å². The number of hydrogen-bond donors (Lipinski definition) is 3. The zero-order valence-corrected chi connectivity index (χ0v) is 38.2. The maximum Gasteiger partial charge on any atom is 0.312 e. The molecule has 17 heteroatoms. The highest BCUT2D eigenvalue weighted by atomic mass is 32.2. The van der Waals surface area contributed by atoms with Gasteiger partial charge in [0.2, 0.25) is 5.82 Å². The van der Waals surface area contributed by atoms with Crippen LogP contribution in [0.4, 0.5) is 17.2 Å². The lowest BCUT2D eigenvalue weighted by Gasteiger charge is -2.57. The molecule has 65 heavy (non-hydrogen) atoms. The van der Waals surface area contributed by atoms with E-state index in [-0.39, 0.29) is 28.6 Å². The van der Waals surface area contributed by atoms with Crippen LogP contribution in [0.15, 0.2) is 84.1 Å². The van der Waals surface area contributed by atoms with Crippen molar-refractivity contribution in [1.29, 1.82) is 0 Å². The van der Waals surface area contributed by atoms with Gasteiger partial charge in [0, 0.05) is 61.6 Å². The monoisotopic (exact) mass is 920 g/mol. The molecule has 3 aromatic heterocycles. The number of rotatable bonds is 13. The number of piperidine rings is 1. The molecule has 5 aromatic rings. The van der Waals surface area contributed by atoms with Crippen LogP contribution in [0.2, 0.25) is 0 Å². The van der Waals surface area contributed by atoms with E-state index in [1.54, 1.807) is 30.5 Å². The van der Waals surface area contributed by atoms with Gasteiger partial charge >= 0.3 is 5.69 Å². The standard InChI is InChI=1S/C48H56N8O7S2/c1-31-6-8-32(9-7-31)27-50-46-42(56(58)59)24-38(29-52-46)65(61,62)53-47(57)41-13-12-35(23-44(41)63-37-22-34-14-17-49-45(34)51-28-37)54-18-15-48(16-19-54)25-36(26-48)55-20-21-64(60)30-43(55)40-5-3-2-4-39(40)33-10-11-33/h2-5,12-14,17,22-24,28-29,31-33,36,43H,6-11,15-16,18-21,25-27,30H2,1H3,(H,49,51)(H,50,52)(H,53,57)/t31-,32+,43-,64?/m0/s1. The molecule has 3 aliphatic carbocycles. The largest absolute Gasteiger partial charge is 0.616 e. The van der Waals surface area contributed by atoms with E-state index in [0.29, 0.717) is 47.5 Å². The summed E-state index contributed by atoms with van der Waals surface area (Å²) in [6, 6.07) is 19.2. The van der Waals surface area contributed by atoms with Crippen LogP contribution in [-0.4, -0.2) is 87.4 Å². The number of nitro groups is 1. The molecule has 5 heterocycles. The maximum absolute atomic E-state index is 14.0. The van der Waals surface area contributed by atoms with Gasteiger partial charge in [-0.05, 0) is 110 Å².